The molecule has 6 nitrogen and oxygen atoms in total. The van der Waals surface area contributed by atoms with Crippen LogP contribution in [0.3, 0.4) is 0 Å². The van der Waals surface area contributed by atoms with E-state index in [9.17, 15) is 5.21 Å². The Morgan fingerprint density at radius 3 is 2.67 bits per heavy atom. The Bertz CT molecular complexity index is 150. The SMILES string of the molecule is CCC(C)ON([O-])[N+]1([N-]N)CC1. The fraction of sp³-hybridized carbons (Fsp3) is 1.00. The van der Waals surface area contributed by atoms with Crippen LogP contribution in [0.5, 0.6) is 0 Å². The Labute approximate surface area is 71.9 Å². The van der Waals surface area contributed by atoms with Crippen LogP contribution in [0.1, 0.15) is 20.3 Å². The average Bonchev–Trinajstić information content (AvgIpc) is 2.84. The monoisotopic (exact) mass is 175 g/mol. The van der Waals surface area contributed by atoms with E-state index >= 15 is 0 Å². The fourth-order valence-electron chi connectivity index (χ4n) is 0.727. The van der Waals surface area contributed by atoms with Gasteiger partial charge in [-0.15, -0.1) is 0 Å². The van der Waals surface area contributed by atoms with Crippen molar-refractivity contribution in [2.24, 2.45) is 5.84 Å². The minimum absolute atomic E-state index is 0.0835. The Hall–Kier alpha value is -0.240. The Morgan fingerprint density at radius 2 is 2.33 bits per heavy atom. The van der Waals surface area contributed by atoms with Crippen LogP contribution in [-0.4, -0.2) is 29.2 Å². The molecule has 12 heavy (non-hydrogen) atoms. The number of hydrogen-bond donors (Lipinski definition) is 1. The summed E-state index contributed by atoms with van der Waals surface area (Å²) in [6.07, 6.45) is 0.711. The summed E-state index contributed by atoms with van der Waals surface area (Å²) in [7, 11) is 0. The maximum atomic E-state index is 11.2. The predicted octanol–water partition coefficient (Wildman–Crippen LogP) is 0.424. The van der Waals surface area contributed by atoms with Gasteiger partial charge in [-0.25, -0.2) is 0 Å². The quantitative estimate of drug-likeness (QED) is 0.284. The van der Waals surface area contributed by atoms with Gasteiger partial charge in [0.05, 0.1) is 6.10 Å². The van der Waals surface area contributed by atoms with E-state index in [-0.39, 0.29) is 10.8 Å². The molecular weight excluding hydrogens is 160 g/mol. The summed E-state index contributed by atoms with van der Waals surface area (Å²) in [5.41, 5.74) is 3.44. The lowest BCUT2D eigenvalue weighted by atomic mass is 10.3. The summed E-state index contributed by atoms with van der Waals surface area (Å²) in [4.78, 5) is 4.99. The maximum Gasteiger partial charge on any atom is 0.140 e. The Balaban J connectivity index is 2.32. The van der Waals surface area contributed by atoms with Gasteiger partial charge in [-0.2, -0.15) is 0 Å². The molecule has 1 fully saturated rings. The summed E-state index contributed by atoms with van der Waals surface area (Å²) < 4.78 is -0.135. The molecule has 2 N–H and O–H groups in total. The van der Waals surface area contributed by atoms with Gasteiger partial charge in [-0.1, -0.05) is 12.3 Å². The van der Waals surface area contributed by atoms with Crippen LogP contribution in [0.2, 0.25) is 0 Å². The smallest absolute Gasteiger partial charge is 0.140 e. The van der Waals surface area contributed by atoms with Gasteiger partial charge < -0.3 is 16.6 Å². The van der Waals surface area contributed by atoms with Gasteiger partial charge in [0.15, 0.2) is 0 Å². The number of quaternary nitrogens is 1. The Kier molecular flexibility index (Phi) is 2.99. The molecule has 0 radical (unpaired) electrons. The molecule has 1 saturated heterocycles. The number of nitrogens with zero attached hydrogens (tertiary/aromatic N) is 3. The van der Waals surface area contributed by atoms with Gasteiger partial charge in [-0.05, 0) is 13.3 Å². The molecule has 1 unspecified atom stereocenters. The van der Waals surface area contributed by atoms with E-state index in [0.717, 1.165) is 6.42 Å². The van der Waals surface area contributed by atoms with Crippen molar-refractivity contribution in [3.63, 3.8) is 0 Å². The van der Waals surface area contributed by atoms with Crippen molar-refractivity contribution < 1.29 is 9.54 Å². The standard InChI is InChI=1S/C6H15N4O2/c1-3-6(2)12-9(11)10(8-7)4-5-10/h6H,3-5,7H2,1-2H3/q-1. The molecule has 0 saturated carbocycles. The lowest BCUT2D eigenvalue weighted by Crippen LogP contribution is -2.41. The molecule has 0 aromatic heterocycles. The van der Waals surface area contributed by atoms with Gasteiger partial charge in [-0.3, -0.25) is 9.54 Å². The lowest BCUT2D eigenvalue weighted by Gasteiger charge is -2.41. The third-order valence-electron chi connectivity index (χ3n) is 1.99. The highest BCUT2D eigenvalue weighted by atomic mass is 16.9. The van der Waals surface area contributed by atoms with Crippen LogP contribution in [0.15, 0.2) is 0 Å². The molecule has 0 aliphatic carbocycles. The first-order valence-electron chi connectivity index (χ1n) is 4.08. The van der Waals surface area contributed by atoms with Crippen molar-refractivity contribution in [1.29, 1.82) is 0 Å². The molecule has 0 amide bonds. The molecule has 1 atom stereocenters. The molecule has 0 aromatic carbocycles. The van der Waals surface area contributed by atoms with Crippen molar-refractivity contribution >= 4 is 0 Å². The van der Waals surface area contributed by atoms with Gasteiger partial charge >= 0.3 is 0 Å². The van der Waals surface area contributed by atoms with Crippen LogP contribution in [0, 0.1) is 5.21 Å². The summed E-state index contributed by atoms with van der Waals surface area (Å²) in [6, 6.07) is 0. The number of hydrogen-bond acceptors (Lipinski definition) is 4. The largest absolute Gasteiger partial charge is 0.714 e. The molecule has 1 aliphatic rings. The lowest BCUT2D eigenvalue weighted by molar-refractivity contribution is -0.931. The molecule has 0 spiro atoms. The summed E-state index contributed by atoms with van der Waals surface area (Å²) in [5, 5.41) is 11.7. The van der Waals surface area contributed by atoms with Crippen LogP contribution in [0.4, 0.5) is 0 Å². The van der Waals surface area contributed by atoms with Crippen molar-refractivity contribution in [2.75, 3.05) is 13.1 Å². The van der Waals surface area contributed by atoms with E-state index in [1.165, 1.54) is 0 Å². The van der Waals surface area contributed by atoms with E-state index < -0.39 is 0 Å². The van der Waals surface area contributed by atoms with Crippen molar-refractivity contribution in [3.05, 3.63) is 10.7 Å². The molecule has 1 heterocycles. The third-order valence-corrected chi connectivity index (χ3v) is 1.99. The molecule has 1 aliphatic heterocycles. The van der Waals surface area contributed by atoms with E-state index in [1.54, 1.807) is 0 Å². The predicted molar refractivity (Wildman–Crippen MR) is 43.6 cm³/mol. The normalized spacial score (nSPS) is 22.8. The van der Waals surface area contributed by atoms with E-state index in [1.807, 2.05) is 13.8 Å². The fourth-order valence-corrected chi connectivity index (χ4v) is 0.727. The maximum absolute atomic E-state index is 11.2. The zero-order valence-electron chi connectivity index (χ0n) is 7.43. The molecule has 72 valence electrons. The number of nitrogens with two attached hydrogens (primary N) is 1. The molecule has 0 aromatic rings. The number of rotatable bonds is 5. The topological polar surface area (TPSA) is 75.7 Å². The average molecular weight is 175 g/mol. The van der Waals surface area contributed by atoms with Crippen LogP contribution in [0.25, 0.3) is 5.53 Å². The van der Waals surface area contributed by atoms with Gasteiger partial charge in [0.1, 0.15) is 13.1 Å². The molecule has 0 bridgehead atoms. The van der Waals surface area contributed by atoms with Gasteiger partial charge in [0, 0.05) is 0 Å². The first-order chi connectivity index (χ1) is 5.64. The van der Waals surface area contributed by atoms with Gasteiger partial charge in [0.2, 0.25) is 0 Å². The van der Waals surface area contributed by atoms with E-state index in [4.69, 9.17) is 10.7 Å². The summed E-state index contributed by atoms with van der Waals surface area (Å²) in [5.74, 6) is 5.06. The van der Waals surface area contributed by atoms with Gasteiger partial charge in [0.25, 0.3) is 0 Å². The minimum Gasteiger partial charge on any atom is -0.714 e. The van der Waals surface area contributed by atoms with Crippen LogP contribution >= 0.6 is 0 Å². The second kappa shape index (κ2) is 3.65. The Morgan fingerprint density at radius 1 is 1.75 bits per heavy atom. The molecule has 1 rings (SSSR count). The van der Waals surface area contributed by atoms with Crippen LogP contribution < -0.4 is 5.84 Å². The third kappa shape index (κ3) is 1.92. The zero-order valence-corrected chi connectivity index (χ0v) is 7.43. The highest BCUT2D eigenvalue weighted by Crippen LogP contribution is 2.27. The van der Waals surface area contributed by atoms with Crippen molar-refractivity contribution in [3.8, 4) is 0 Å². The first kappa shape index (κ1) is 9.85. The second-order valence-corrected chi connectivity index (χ2v) is 3.00. The van der Waals surface area contributed by atoms with E-state index in [2.05, 4.69) is 5.53 Å². The van der Waals surface area contributed by atoms with Crippen molar-refractivity contribution in [2.45, 2.75) is 26.4 Å². The zero-order chi connectivity index (χ0) is 9.19. The van der Waals surface area contributed by atoms with Crippen LogP contribution in [-0.2, 0) is 4.84 Å². The van der Waals surface area contributed by atoms with E-state index in [0.29, 0.717) is 18.4 Å². The summed E-state index contributed by atoms with van der Waals surface area (Å²) >= 11 is 0. The first-order valence-corrected chi connectivity index (χ1v) is 4.08. The highest BCUT2D eigenvalue weighted by Gasteiger charge is 2.38. The minimum atomic E-state index is -0.135. The van der Waals surface area contributed by atoms with Crippen molar-refractivity contribution in [1.82, 2.24) is 5.34 Å². The summed E-state index contributed by atoms with van der Waals surface area (Å²) in [6.45, 7) is 5.05. The molecule has 6 heteroatoms. The molecular formula is C6H15N4O2-. The highest BCUT2D eigenvalue weighted by molar-refractivity contribution is 4.59. The second-order valence-electron chi connectivity index (χ2n) is 3.00.